The van der Waals surface area contributed by atoms with Gasteiger partial charge in [-0.1, -0.05) is 40.6 Å². The highest BCUT2D eigenvalue weighted by Gasteiger charge is 2.14. The molecule has 1 aromatic heterocycles. The standard InChI is InChI=1S/C17H14Cl2N2O2S/c1-9-4-7-13(23-3)14-15(9)24-17(21(14)2)20-16(22)11-8-10(18)5-6-12(11)19/h4-8H,1-3H3. The highest BCUT2D eigenvalue weighted by atomic mass is 35.5. The molecule has 1 amide bonds. The predicted octanol–water partition coefficient (Wildman–Crippen LogP) is 4.60. The van der Waals surface area contributed by atoms with Gasteiger partial charge in [0.25, 0.3) is 5.91 Å². The molecular weight excluding hydrogens is 367 g/mol. The Balaban J connectivity index is 2.21. The fourth-order valence-electron chi connectivity index (χ4n) is 2.43. The Labute approximate surface area is 152 Å². The van der Waals surface area contributed by atoms with Crippen molar-refractivity contribution in [1.29, 1.82) is 0 Å². The van der Waals surface area contributed by atoms with Crippen LogP contribution in [-0.4, -0.2) is 17.6 Å². The zero-order valence-corrected chi connectivity index (χ0v) is 15.6. The van der Waals surface area contributed by atoms with Gasteiger partial charge in [-0.05, 0) is 36.8 Å². The molecule has 0 unspecified atom stereocenters. The van der Waals surface area contributed by atoms with Crippen LogP contribution in [0.2, 0.25) is 10.0 Å². The molecule has 1 heterocycles. The van der Waals surface area contributed by atoms with Crippen LogP contribution < -0.4 is 9.54 Å². The number of amides is 1. The molecule has 3 rings (SSSR count). The van der Waals surface area contributed by atoms with Crippen molar-refractivity contribution in [1.82, 2.24) is 4.57 Å². The van der Waals surface area contributed by atoms with Gasteiger partial charge in [-0.15, -0.1) is 0 Å². The smallest absolute Gasteiger partial charge is 0.281 e. The van der Waals surface area contributed by atoms with E-state index in [1.807, 2.05) is 30.7 Å². The molecule has 0 bridgehead atoms. The number of aryl methyl sites for hydroxylation is 2. The number of hydrogen-bond acceptors (Lipinski definition) is 3. The molecule has 0 atom stereocenters. The van der Waals surface area contributed by atoms with Crippen molar-refractivity contribution in [3.8, 4) is 5.75 Å². The number of carbonyl (C=O) groups excluding carboxylic acids is 1. The number of fused-ring (bicyclic) bond motifs is 1. The maximum absolute atomic E-state index is 12.5. The van der Waals surface area contributed by atoms with Crippen LogP contribution in [0.15, 0.2) is 35.3 Å². The fraction of sp³-hybridized carbons (Fsp3) is 0.176. The van der Waals surface area contributed by atoms with E-state index in [1.54, 1.807) is 19.2 Å². The topological polar surface area (TPSA) is 43.6 Å². The second kappa shape index (κ2) is 6.59. The molecule has 2 aromatic carbocycles. The molecule has 0 aliphatic rings. The summed E-state index contributed by atoms with van der Waals surface area (Å²) in [5.41, 5.74) is 2.29. The average molecular weight is 381 g/mol. The van der Waals surface area contributed by atoms with Gasteiger partial charge in [0.05, 0.1) is 22.4 Å². The highest BCUT2D eigenvalue weighted by molar-refractivity contribution is 7.16. The normalized spacial score (nSPS) is 12.0. The van der Waals surface area contributed by atoms with Crippen molar-refractivity contribution in [2.24, 2.45) is 12.0 Å². The highest BCUT2D eigenvalue weighted by Crippen LogP contribution is 2.29. The third kappa shape index (κ3) is 2.95. The first-order chi connectivity index (χ1) is 11.4. The number of aromatic nitrogens is 1. The minimum absolute atomic E-state index is 0.283. The Hall–Kier alpha value is -1.82. The van der Waals surface area contributed by atoms with Crippen LogP contribution in [0, 0.1) is 6.92 Å². The van der Waals surface area contributed by atoms with Gasteiger partial charge in [-0.2, -0.15) is 4.99 Å². The van der Waals surface area contributed by atoms with Gasteiger partial charge in [0.15, 0.2) is 4.80 Å². The Kier molecular flexibility index (Phi) is 4.67. The van der Waals surface area contributed by atoms with Crippen LogP contribution in [0.3, 0.4) is 0 Å². The number of benzene rings is 2. The molecule has 0 aliphatic carbocycles. The summed E-state index contributed by atoms with van der Waals surface area (Å²) in [6, 6.07) is 8.63. The van der Waals surface area contributed by atoms with Crippen LogP contribution in [0.1, 0.15) is 15.9 Å². The van der Waals surface area contributed by atoms with Crippen molar-refractivity contribution in [2.75, 3.05) is 7.11 Å². The van der Waals surface area contributed by atoms with E-state index in [2.05, 4.69) is 4.99 Å². The lowest BCUT2D eigenvalue weighted by molar-refractivity contribution is 0.0998. The van der Waals surface area contributed by atoms with E-state index in [0.29, 0.717) is 14.8 Å². The Morgan fingerprint density at radius 3 is 2.71 bits per heavy atom. The third-order valence-electron chi connectivity index (χ3n) is 3.68. The van der Waals surface area contributed by atoms with Crippen LogP contribution in [0.4, 0.5) is 0 Å². The van der Waals surface area contributed by atoms with E-state index in [4.69, 9.17) is 27.9 Å². The van der Waals surface area contributed by atoms with Gasteiger partial charge in [0.1, 0.15) is 11.3 Å². The number of rotatable bonds is 2. The van der Waals surface area contributed by atoms with E-state index >= 15 is 0 Å². The van der Waals surface area contributed by atoms with Crippen LogP contribution in [0.5, 0.6) is 5.75 Å². The molecule has 124 valence electrons. The molecule has 0 spiro atoms. The maximum Gasteiger partial charge on any atom is 0.281 e. The minimum Gasteiger partial charge on any atom is -0.495 e. The first-order valence-corrected chi connectivity index (χ1v) is 8.67. The Morgan fingerprint density at radius 1 is 1.25 bits per heavy atom. The van der Waals surface area contributed by atoms with Gasteiger partial charge in [0.2, 0.25) is 0 Å². The summed E-state index contributed by atoms with van der Waals surface area (Å²) >= 11 is 13.5. The quantitative estimate of drug-likeness (QED) is 0.651. The summed E-state index contributed by atoms with van der Waals surface area (Å²) in [6.07, 6.45) is 0. The lowest BCUT2D eigenvalue weighted by Gasteiger charge is -2.05. The summed E-state index contributed by atoms with van der Waals surface area (Å²) in [5.74, 6) is 0.310. The molecule has 7 heteroatoms. The van der Waals surface area contributed by atoms with Crippen LogP contribution in [-0.2, 0) is 7.05 Å². The Bertz CT molecular complexity index is 1020. The maximum atomic E-state index is 12.5. The van der Waals surface area contributed by atoms with Gasteiger partial charge in [-0.25, -0.2) is 0 Å². The molecule has 0 fully saturated rings. The second-order valence-electron chi connectivity index (χ2n) is 5.25. The summed E-state index contributed by atoms with van der Waals surface area (Å²) in [5, 5.41) is 0.766. The third-order valence-corrected chi connectivity index (χ3v) is 5.51. The number of nitrogens with zero attached hydrogens (tertiary/aromatic N) is 2. The first-order valence-electron chi connectivity index (χ1n) is 7.09. The lowest BCUT2D eigenvalue weighted by Crippen LogP contribution is -2.13. The molecule has 3 aromatic rings. The number of thiazole rings is 1. The van der Waals surface area contributed by atoms with E-state index < -0.39 is 5.91 Å². The zero-order chi connectivity index (χ0) is 17.4. The van der Waals surface area contributed by atoms with E-state index in [1.165, 1.54) is 17.4 Å². The summed E-state index contributed by atoms with van der Waals surface area (Å²) in [7, 11) is 3.47. The lowest BCUT2D eigenvalue weighted by atomic mass is 10.2. The Morgan fingerprint density at radius 2 is 2.00 bits per heavy atom. The van der Waals surface area contributed by atoms with Crippen molar-refractivity contribution in [2.45, 2.75) is 6.92 Å². The monoisotopic (exact) mass is 380 g/mol. The zero-order valence-electron chi connectivity index (χ0n) is 13.3. The van der Waals surface area contributed by atoms with Crippen molar-refractivity contribution in [3.63, 3.8) is 0 Å². The summed E-state index contributed by atoms with van der Waals surface area (Å²) in [6.45, 7) is 2.01. The SMILES string of the molecule is COc1ccc(C)c2sc(=NC(=O)c3cc(Cl)ccc3Cl)n(C)c12. The molecule has 24 heavy (non-hydrogen) atoms. The summed E-state index contributed by atoms with van der Waals surface area (Å²) < 4.78 is 8.30. The van der Waals surface area contributed by atoms with E-state index in [0.717, 1.165) is 21.5 Å². The molecule has 4 nitrogen and oxygen atoms in total. The van der Waals surface area contributed by atoms with Gasteiger partial charge in [0, 0.05) is 12.1 Å². The molecule has 0 saturated carbocycles. The molecule has 0 N–H and O–H groups in total. The summed E-state index contributed by atoms with van der Waals surface area (Å²) in [4.78, 5) is 17.3. The molecule has 0 radical (unpaired) electrons. The van der Waals surface area contributed by atoms with Crippen LogP contribution >= 0.6 is 34.5 Å². The van der Waals surface area contributed by atoms with Crippen molar-refractivity contribution in [3.05, 3.63) is 56.3 Å². The van der Waals surface area contributed by atoms with Crippen molar-refractivity contribution < 1.29 is 9.53 Å². The van der Waals surface area contributed by atoms with E-state index in [9.17, 15) is 4.79 Å². The molecule has 0 saturated heterocycles. The average Bonchev–Trinajstić information content (AvgIpc) is 2.88. The van der Waals surface area contributed by atoms with E-state index in [-0.39, 0.29) is 5.56 Å². The molecule has 0 aliphatic heterocycles. The van der Waals surface area contributed by atoms with Crippen LogP contribution in [0.25, 0.3) is 10.2 Å². The largest absolute Gasteiger partial charge is 0.495 e. The number of hydrogen-bond donors (Lipinski definition) is 0. The number of methoxy groups -OCH3 is 1. The number of halogens is 2. The molecular formula is C17H14Cl2N2O2S. The minimum atomic E-state index is -0.429. The van der Waals surface area contributed by atoms with Crippen molar-refractivity contribution >= 4 is 50.7 Å². The second-order valence-corrected chi connectivity index (χ2v) is 7.07. The fourth-order valence-corrected chi connectivity index (χ4v) is 3.90. The van der Waals surface area contributed by atoms with Gasteiger partial charge in [-0.3, -0.25) is 4.79 Å². The predicted molar refractivity (Wildman–Crippen MR) is 98.4 cm³/mol. The number of ether oxygens (including phenoxy) is 1. The number of carbonyl (C=O) groups is 1. The van der Waals surface area contributed by atoms with Gasteiger partial charge >= 0.3 is 0 Å². The van der Waals surface area contributed by atoms with Gasteiger partial charge < -0.3 is 9.30 Å². The first kappa shape index (κ1) is 17.0.